The molecular weight excluding hydrogens is 330 g/mol. The number of hydrogen-bond donors (Lipinski definition) is 0. The predicted molar refractivity (Wildman–Crippen MR) is 95.3 cm³/mol. The van der Waals surface area contributed by atoms with E-state index in [1.54, 1.807) is 12.4 Å². The average molecular weight is 353 g/mol. The van der Waals surface area contributed by atoms with E-state index in [0.717, 1.165) is 24.2 Å². The Morgan fingerprint density at radius 3 is 2.58 bits per heavy atom. The minimum absolute atomic E-state index is 0.106. The highest BCUT2D eigenvalue weighted by molar-refractivity contribution is 5.79. The molecule has 2 aliphatic heterocycles. The third kappa shape index (κ3) is 3.92. The van der Waals surface area contributed by atoms with Crippen molar-refractivity contribution in [2.24, 2.45) is 0 Å². The number of amides is 1. The molecule has 0 radical (unpaired) electrons. The van der Waals surface area contributed by atoms with Crippen LogP contribution in [0, 0.1) is 0 Å². The van der Waals surface area contributed by atoms with Gasteiger partial charge in [0.2, 0.25) is 5.91 Å². The number of ether oxygens (including phenoxy) is 2. The maximum atomic E-state index is 12.4. The van der Waals surface area contributed by atoms with Crippen LogP contribution in [0.5, 0.6) is 0 Å². The third-order valence-corrected chi connectivity index (χ3v) is 5.01. The van der Waals surface area contributed by atoms with Gasteiger partial charge in [0.1, 0.15) is 5.60 Å². The van der Waals surface area contributed by atoms with Crippen LogP contribution < -0.4 is 0 Å². The fourth-order valence-electron chi connectivity index (χ4n) is 3.63. The summed E-state index contributed by atoms with van der Waals surface area (Å²) in [4.78, 5) is 22.8. The van der Waals surface area contributed by atoms with E-state index in [9.17, 15) is 4.79 Å². The Kier molecular flexibility index (Phi) is 4.95. The van der Waals surface area contributed by atoms with Crippen molar-refractivity contribution in [1.82, 2.24) is 14.9 Å². The summed E-state index contributed by atoms with van der Waals surface area (Å²) in [5.74, 6) is 0.106. The van der Waals surface area contributed by atoms with Crippen LogP contribution in [0.4, 0.5) is 0 Å². The van der Waals surface area contributed by atoms with Gasteiger partial charge in [-0.15, -0.1) is 0 Å². The molecule has 1 atom stereocenters. The van der Waals surface area contributed by atoms with E-state index in [-0.39, 0.29) is 17.6 Å². The summed E-state index contributed by atoms with van der Waals surface area (Å²) in [5.41, 5.74) is 1.50. The fraction of sp³-hybridized carbons (Fsp3) is 0.450. The van der Waals surface area contributed by atoms with Crippen molar-refractivity contribution in [1.29, 1.82) is 0 Å². The first-order chi connectivity index (χ1) is 12.7. The smallest absolute Gasteiger partial charge is 0.228 e. The van der Waals surface area contributed by atoms with Gasteiger partial charge in [-0.25, -0.2) is 0 Å². The number of hydrogen-bond acceptors (Lipinski definition) is 5. The van der Waals surface area contributed by atoms with E-state index >= 15 is 0 Å². The van der Waals surface area contributed by atoms with Gasteiger partial charge in [-0.3, -0.25) is 14.8 Å². The molecule has 0 aromatic carbocycles. The molecule has 1 unspecified atom stereocenters. The summed E-state index contributed by atoms with van der Waals surface area (Å²) in [6, 6.07) is 11.5. The van der Waals surface area contributed by atoms with Gasteiger partial charge in [-0.2, -0.15) is 0 Å². The number of aromatic nitrogens is 2. The van der Waals surface area contributed by atoms with E-state index in [4.69, 9.17) is 9.47 Å². The molecule has 2 aromatic rings. The number of carbonyl (C=O) groups is 1. The summed E-state index contributed by atoms with van der Waals surface area (Å²) >= 11 is 0. The first-order valence-electron chi connectivity index (χ1n) is 9.06. The van der Waals surface area contributed by atoms with Crippen molar-refractivity contribution >= 4 is 5.91 Å². The minimum atomic E-state index is -0.243. The van der Waals surface area contributed by atoms with Crippen LogP contribution >= 0.6 is 0 Å². The monoisotopic (exact) mass is 353 g/mol. The Hall–Kier alpha value is -2.31. The van der Waals surface area contributed by atoms with Gasteiger partial charge in [0, 0.05) is 31.1 Å². The van der Waals surface area contributed by atoms with Gasteiger partial charge in [0.15, 0.2) is 0 Å². The van der Waals surface area contributed by atoms with Gasteiger partial charge in [-0.1, -0.05) is 12.1 Å². The molecule has 4 rings (SSSR count). The molecule has 6 nitrogen and oxygen atoms in total. The Labute approximate surface area is 153 Å². The molecule has 0 N–H and O–H groups in total. The second kappa shape index (κ2) is 7.51. The SMILES string of the molecule is O=C(Cc1ccccn1)N1CC2(CC(OCc3ccccn3)CCO2)C1. The molecule has 136 valence electrons. The van der Waals surface area contributed by atoms with Crippen LogP contribution in [0.1, 0.15) is 24.2 Å². The van der Waals surface area contributed by atoms with Gasteiger partial charge >= 0.3 is 0 Å². The minimum Gasteiger partial charge on any atom is -0.372 e. The van der Waals surface area contributed by atoms with E-state index in [2.05, 4.69) is 9.97 Å². The van der Waals surface area contributed by atoms with Crippen molar-refractivity contribution in [3.05, 3.63) is 60.2 Å². The van der Waals surface area contributed by atoms with Crippen LogP contribution in [0.2, 0.25) is 0 Å². The summed E-state index contributed by atoms with van der Waals surface area (Å²) in [6.45, 7) is 2.48. The molecule has 2 aromatic heterocycles. The van der Waals surface area contributed by atoms with Crippen molar-refractivity contribution in [3.63, 3.8) is 0 Å². The van der Waals surface area contributed by atoms with Crippen molar-refractivity contribution in [3.8, 4) is 0 Å². The second-order valence-corrected chi connectivity index (χ2v) is 7.03. The number of carbonyl (C=O) groups excluding carboxylic acids is 1. The standard InChI is InChI=1S/C20H23N3O3/c24-19(11-16-5-1-3-8-21-16)23-14-20(15-23)12-18(7-10-26-20)25-13-17-6-2-4-9-22-17/h1-6,8-9,18H,7,10-15H2. The Morgan fingerprint density at radius 2 is 1.88 bits per heavy atom. The predicted octanol–water partition coefficient (Wildman–Crippen LogP) is 2.00. The summed E-state index contributed by atoms with van der Waals surface area (Å²) in [6.07, 6.45) is 5.70. The van der Waals surface area contributed by atoms with Crippen molar-refractivity contribution in [2.75, 3.05) is 19.7 Å². The highest BCUT2D eigenvalue weighted by atomic mass is 16.5. The first-order valence-corrected chi connectivity index (χ1v) is 9.06. The molecule has 0 saturated carbocycles. The molecule has 0 aliphatic carbocycles. The van der Waals surface area contributed by atoms with E-state index in [1.165, 1.54) is 0 Å². The van der Waals surface area contributed by atoms with Crippen LogP contribution in [0.15, 0.2) is 48.8 Å². The molecule has 1 spiro atoms. The molecule has 2 aliphatic rings. The lowest BCUT2D eigenvalue weighted by atomic mass is 9.84. The van der Waals surface area contributed by atoms with Crippen LogP contribution in [0.25, 0.3) is 0 Å². The van der Waals surface area contributed by atoms with Gasteiger partial charge in [0.05, 0.1) is 37.9 Å². The zero-order valence-corrected chi connectivity index (χ0v) is 14.7. The summed E-state index contributed by atoms with van der Waals surface area (Å²) in [5, 5.41) is 0. The van der Waals surface area contributed by atoms with Crippen molar-refractivity contribution < 1.29 is 14.3 Å². The van der Waals surface area contributed by atoms with Gasteiger partial charge < -0.3 is 14.4 Å². The zero-order chi connectivity index (χ0) is 17.8. The van der Waals surface area contributed by atoms with Crippen molar-refractivity contribution in [2.45, 2.75) is 37.6 Å². The van der Waals surface area contributed by atoms with Crippen LogP contribution in [0.3, 0.4) is 0 Å². The molecular formula is C20H23N3O3. The van der Waals surface area contributed by atoms with Gasteiger partial charge in [0.25, 0.3) is 0 Å². The molecule has 26 heavy (non-hydrogen) atoms. The second-order valence-electron chi connectivity index (χ2n) is 7.03. The van der Waals surface area contributed by atoms with Gasteiger partial charge in [-0.05, 0) is 30.7 Å². The number of rotatable bonds is 5. The lowest BCUT2D eigenvalue weighted by Gasteiger charge is -2.53. The van der Waals surface area contributed by atoms with Crippen LogP contribution in [-0.4, -0.2) is 52.2 Å². The fourth-order valence-corrected chi connectivity index (χ4v) is 3.63. The van der Waals surface area contributed by atoms with E-state index in [1.807, 2.05) is 41.3 Å². The quantitative estimate of drug-likeness (QED) is 0.823. The highest BCUT2D eigenvalue weighted by Gasteiger charge is 2.49. The Morgan fingerprint density at radius 1 is 1.15 bits per heavy atom. The summed E-state index contributed by atoms with van der Waals surface area (Å²) < 4.78 is 12.0. The maximum Gasteiger partial charge on any atom is 0.228 e. The Bertz CT molecular complexity index is 732. The first kappa shape index (κ1) is 17.1. The molecule has 0 bridgehead atoms. The largest absolute Gasteiger partial charge is 0.372 e. The summed E-state index contributed by atoms with van der Waals surface area (Å²) in [7, 11) is 0. The topological polar surface area (TPSA) is 64.6 Å². The average Bonchev–Trinajstić information content (AvgIpc) is 2.66. The highest BCUT2D eigenvalue weighted by Crippen LogP contribution is 2.35. The zero-order valence-electron chi connectivity index (χ0n) is 14.7. The van der Waals surface area contributed by atoms with Crippen LogP contribution in [-0.2, 0) is 27.3 Å². The lowest BCUT2D eigenvalue weighted by Crippen LogP contribution is -2.67. The van der Waals surface area contributed by atoms with E-state index in [0.29, 0.717) is 32.7 Å². The van der Waals surface area contributed by atoms with E-state index < -0.39 is 0 Å². The third-order valence-electron chi connectivity index (χ3n) is 5.01. The maximum absolute atomic E-state index is 12.4. The molecule has 2 fully saturated rings. The Balaban J connectivity index is 1.27. The normalized spacial score (nSPS) is 21.4. The molecule has 6 heteroatoms. The molecule has 4 heterocycles. The lowest BCUT2D eigenvalue weighted by molar-refractivity contribution is -0.202. The number of likely N-dealkylation sites (tertiary alicyclic amines) is 1. The number of pyridine rings is 2. The molecule has 1 amide bonds. The number of nitrogens with zero attached hydrogens (tertiary/aromatic N) is 3. The molecule has 2 saturated heterocycles.